The maximum absolute atomic E-state index is 13.1. The van der Waals surface area contributed by atoms with E-state index in [2.05, 4.69) is 20.5 Å². The minimum Gasteiger partial charge on any atom is -0.342 e. The molecule has 1 fully saturated rings. The van der Waals surface area contributed by atoms with Crippen LogP contribution in [0.4, 0.5) is 24.7 Å². The molecule has 0 amide bonds. The van der Waals surface area contributed by atoms with Crippen molar-refractivity contribution in [2.24, 2.45) is 4.99 Å². The zero-order valence-electron chi connectivity index (χ0n) is 18.3. The molecule has 0 saturated carbocycles. The molecule has 184 valence electrons. The van der Waals surface area contributed by atoms with E-state index in [1.54, 1.807) is 12.1 Å². The highest BCUT2D eigenvalue weighted by atomic mass is 32.2. The first-order valence-electron chi connectivity index (χ1n) is 10.9. The van der Waals surface area contributed by atoms with Crippen LogP contribution < -0.4 is 10.9 Å². The van der Waals surface area contributed by atoms with Crippen molar-refractivity contribution in [2.75, 3.05) is 38.0 Å². The number of aromatic nitrogens is 2. The quantitative estimate of drug-likeness (QED) is 0.563. The zero-order valence-corrected chi connectivity index (χ0v) is 19.2. The summed E-state index contributed by atoms with van der Waals surface area (Å²) in [7, 11) is -4.08. The Bertz CT molecular complexity index is 1490. The number of aromatic amines is 1. The van der Waals surface area contributed by atoms with Gasteiger partial charge in [0.1, 0.15) is 5.84 Å². The van der Waals surface area contributed by atoms with Crippen molar-refractivity contribution in [1.82, 2.24) is 19.4 Å². The van der Waals surface area contributed by atoms with Gasteiger partial charge >= 0.3 is 6.18 Å². The number of halogens is 3. The lowest BCUT2D eigenvalue weighted by molar-refractivity contribution is -0.137. The number of nitrogens with zero attached hydrogens (tertiary/aromatic N) is 4. The van der Waals surface area contributed by atoms with Gasteiger partial charge < -0.3 is 5.32 Å². The fraction of sp³-hybridized carbons (Fsp3) is 0.318. The molecule has 3 heterocycles. The van der Waals surface area contributed by atoms with Gasteiger partial charge in [-0.05, 0) is 43.3 Å². The zero-order chi connectivity index (χ0) is 24.8. The Balaban J connectivity index is 1.31. The lowest BCUT2D eigenvalue weighted by Gasteiger charge is -2.24. The van der Waals surface area contributed by atoms with Gasteiger partial charge in [0.2, 0.25) is 10.0 Å². The number of anilines is 1. The van der Waals surface area contributed by atoms with E-state index < -0.39 is 21.8 Å². The highest BCUT2D eigenvalue weighted by molar-refractivity contribution is 7.89. The normalized spacial score (nSPS) is 17.6. The Hall–Kier alpha value is -3.29. The SMILES string of the molecule is O=c1[nH]nc2c3c(cccc13)NC(CN1CCCN(S(=O)(=O)c3cccc(C(F)(F)F)c3)CC1)=N2. The summed E-state index contributed by atoms with van der Waals surface area (Å²) in [6, 6.07) is 9.09. The summed E-state index contributed by atoms with van der Waals surface area (Å²) in [4.78, 5) is 18.2. The molecule has 9 nitrogen and oxygen atoms in total. The lowest BCUT2D eigenvalue weighted by atomic mass is 10.1. The number of nitrogens with one attached hydrogen (secondary N) is 2. The van der Waals surface area contributed by atoms with Gasteiger partial charge in [-0.25, -0.2) is 18.5 Å². The van der Waals surface area contributed by atoms with Crippen molar-refractivity contribution < 1.29 is 21.6 Å². The number of hydrogen-bond donors (Lipinski definition) is 2. The van der Waals surface area contributed by atoms with E-state index in [1.807, 2.05) is 11.0 Å². The molecule has 3 aromatic rings. The minimum atomic E-state index is -4.63. The second-order valence-electron chi connectivity index (χ2n) is 8.35. The largest absolute Gasteiger partial charge is 0.416 e. The molecular weight excluding hydrogens is 485 g/mol. The van der Waals surface area contributed by atoms with Crippen LogP contribution in [0.3, 0.4) is 0 Å². The topological polar surface area (TPSA) is 111 Å². The molecule has 0 radical (unpaired) electrons. The maximum Gasteiger partial charge on any atom is 0.416 e. The average molecular weight is 507 g/mol. The molecule has 35 heavy (non-hydrogen) atoms. The van der Waals surface area contributed by atoms with Crippen molar-refractivity contribution >= 4 is 38.1 Å². The van der Waals surface area contributed by atoms with Crippen LogP contribution in [0.5, 0.6) is 0 Å². The number of H-pyrrole nitrogens is 1. The molecule has 0 unspecified atom stereocenters. The van der Waals surface area contributed by atoms with Gasteiger partial charge in [0.05, 0.1) is 33.5 Å². The number of alkyl halides is 3. The average Bonchev–Trinajstić information content (AvgIpc) is 3.07. The molecule has 2 aliphatic rings. The van der Waals surface area contributed by atoms with Crippen LogP contribution in [0.2, 0.25) is 0 Å². The Morgan fingerprint density at radius 3 is 2.63 bits per heavy atom. The smallest absolute Gasteiger partial charge is 0.342 e. The van der Waals surface area contributed by atoms with Gasteiger partial charge in [-0.3, -0.25) is 9.69 Å². The van der Waals surface area contributed by atoms with Crippen LogP contribution in [-0.2, 0) is 16.2 Å². The second-order valence-corrected chi connectivity index (χ2v) is 10.3. The Kier molecular flexibility index (Phi) is 5.85. The first-order chi connectivity index (χ1) is 16.6. The molecule has 2 N–H and O–H groups in total. The van der Waals surface area contributed by atoms with Crippen molar-refractivity contribution in [3.05, 3.63) is 58.4 Å². The fourth-order valence-corrected chi connectivity index (χ4v) is 5.83. The van der Waals surface area contributed by atoms with Crippen molar-refractivity contribution in [3.8, 4) is 0 Å². The molecular formula is C22H21F3N6O3S. The summed E-state index contributed by atoms with van der Waals surface area (Å²) in [6.07, 6.45) is -4.12. The van der Waals surface area contributed by atoms with Gasteiger partial charge in [0, 0.05) is 19.6 Å². The van der Waals surface area contributed by atoms with E-state index in [4.69, 9.17) is 0 Å². The van der Waals surface area contributed by atoms with E-state index in [1.165, 1.54) is 10.4 Å². The second kappa shape index (κ2) is 8.73. The summed E-state index contributed by atoms with van der Waals surface area (Å²) >= 11 is 0. The first kappa shape index (κ1) is 23.5. The predicted molar refractivity (Wildman–Crippen MR) is 124 cm³/mol. The van der Waals surface area contributed by atoms with Crippen molar-refractivity contribution in [2.45, 2.75) is 17.5 Å². The Morgan fingerprint density at radius 1 is 1.03 bits per heavy atom. The Morgan fingerprint density at radius 2 is 1.83 bits per heavy atom. The van der Waals surface area contributed by atoms with Crippen LogP contribution in [0, 0.1) is 0 Å². The molecule has 1 aromatic heterocycles. The van der Waals surface area contributed by atoms with Gasteiger partial charge in [0.15, 0.2) is 5.82 Å². The van der Waals surface area contributed by atoms with Crippen LogP contribution in [0.15, 0.2) is 57.1 Å². The molecule has 0 atom stereocenters. The lowest BCUT2D eigenvalue weighted by Crippen LogP contribution is -2.38. The van der Waals surface area contributed by atoms with Crippen LogP contribution in [0.1, 0.15) is 12.0 Å². The number of benzene rings is 2. The van der Waals surface area contributed by atoms with E-state index in [-0.39, 0.29) is 23.5 Å². The molecule has 13 heteroatoms. The molecule has 5 rings (SSSR count). The maximum atomic E-state index is 13.1. The third-order valence-electron chi connectivity index (χ3n) is 6.04. The summed E-state index contributed by atoms with van der Waals surface area (Å²) in [5, 5.41) is 10.8. The van der Waals surface area contributed by atoms with Gasteiger partial charge in [0.25, 0.3) is 5.56 Å². The predicted octanol–water partition coefficient (Wildman–Crippen LogP) is 2.79. The third kappa shape index (κ3) is 4.54. The monoisotopic (exact) mass is 506 g/mol. The van der Waals surface area contributed by atoms with E-state index in [9.17, 15) is 26.4 Å². The molecule has 0 spiro atoms. The van der Waals surface area contributed by atoms with E-state index >= 15 is 0 Å². The van der Waals surface area contributed by atoms with Crippen molar-refractivity contribution in [3.63, 3.8) is 0 Å². The molecule has 0 aliphatic carbocycles. The highest BCUT2D eigenvalue weighted by Gasteiger charge is 2.33. The molecule has 1 saturated heterocycles. The first-order valence-corrected chi connectivity index (χ1v) is 12.3. The van der Waals surface area contributed by atoms with Gasteiger partial charge in [-0.15, -0.1) is 0 Å². The van der Waals surface area contributed by atoms with E-state index in [0.717, 1.165) is 12.1 Å². The van der Waals surface area contributed by atoms with Gasteiger partial charge in [-0.1, -0.05) is 12.1 Å². The van der Waals surface area contributed by atoms with Gasteiger partial charge in [-0.2, -0.15) is 22.6 Å². The summed E-state index contributed by atoms with van der Waals surface area (Å²) in [6.45, 7) is 1.65. The minimum absolute atomic E-state index is 0.129. The van der Waals surface area contributed by atoms with Crippen LogP contribution in [-0.4, -0.2) is 66.4 Å². The summed E-state index contributed by atoms with van der Waals surface area (Å²) < 4.78 is 66.5. The Labute approximate surface area is 198 Å². The highest BCUT2D eigenvalue weighted by Crippen LogP contribution is 2.33. The molecule has 0 bridgehead atoms. The summed E-state index contributed by atoms with van der Waals surface area (Å²) in [5.74, 6) is 0.992. The molecule has 2 aliphatic heterocycles. The standard InChI is InChI=1S/C22H21F3N6O3S/c23-22(24,25)14-4-1-5-15(12-14)35(33,34)31-9-3-8-30(10-11-31)13-18-26-17-7-2-6-16-19(17)20(27-18)28-29-21(16)32/h1-2,4-7,12H,3,8-11,13H2,(H,29,32)(H,26,27,28). The third-order valence-corrected chi connectivity index (χ3v) is 7.93. The number of sulfonamides is 1. The van der Waals surface area contributed by atoms with E-state index in [0.29, 0.717) is 60.2 Å². The summed E-state index contributed by atoms with van der Waals surface area (Å²) in [5.41, 5.74) is -0.591. The van der Waals surface area contributed by atoms with Crippen LogP contribution in [0.25, 0.3) is 10.8 Å². The van der Waals surface area contributed by atoms with Crippen molar-refractivity contribution in [1.29, 1.82) is 0 Å². The number of hydrogen-bond acceptors (Lipinski definition) is 7. The molecule has 2 aromatic carbocycles. The number of amidine groups is 1. The fourth-order valence-electron chi connectivity index (χ4n) is 4.31. The van der Waals surface area contributed by atoms with Crippen LogP contribution >= 0.6 is 0 Å². The number of rotatable bonds is 4. The number of aliphatic imine (C=N–C) groups is 1.